The maximum Gasteiger partial charge on any atom is 0.237 e. The maximum atomic E-state index is 12.6. The molecule has 0 spiro atoms. The molecule has 1 aliphatic heterocycles. The van der Waals surface area contributed by atoms with Crippen molar-refractivity contribution in [3.05, 3.63) is 41.3 Å². The summed E-state index contributed by atoms with van der Waals surface area (Å²) in [6.45, 7) is 4.62. The lowest BCUT2D eigenvalue weighted by molar-refractivity contribution is -0.126. The molecular formula is C22H33N3O3S. The molecule has 1 saturated heterocycles. The van der Waals surface area contributed by atoms with Crippen LogP contribution in [0.25, 0.3) is 6.08 Å². The number of amides is 1. The summed E-state index contributed by atoms with van der Waals surface area (Å²) in [7, 11) is -3.45. The van der Waals surface area contributed by atoms with Crippen molar-refractivity contribution in [3.63, 3.8) is 0 Å². The number of rotatable bonds is 7. The molecule has 1 aromatic rings. The van der Waals surface area contributed by atoms with E-state index in [9.17, 15) is 13.2 Å². The van der Waals surface area contributed by atoms with Crippen molar-refractivity contribution in [2.45, 2.75) is 45.1 Å². The van der Waals surface area contributed by atoms with Gasteiger partial charge in [0.15, 0.2) is 0 Å². The lowest BCUT2D eigenvalue weighted by atomic mass is 9.89. The molecule has 0 radical (unpaired) electrons. The molecule has 0 bridgehead atoms. The molecule has 1 heterocycles. The molecule has 6 nitrogen and oxygen atoms in total. The normalized spacial score (nSPS) is 21.3. The minimum Gasteiger partial charge on any atom is -0.354 e. The van der Waals surface area contributed by atoms with Crippen molar-refractivity contribution in [1.82, 2.24) is 14.5 Å². The minimum atomic E-state index is -3.45. The van der Waals surface area contributed by atoms with Crippen LogP contribution >= 0.6 is 0 Å². The number of carbonyl (C=O) groups is 1. The highest BCUT2D eigenvalue weighted by Crippen LogP contribution is 2.22. The van der Waals surface area contributed by atoms with Gasteiger partial charge in [-0.3, -0.25) is 9.69 Å². The van der Waals surface area contributed by atoms with Crippen LogP contribution in [0.1, 0.15) is 44.6 Å². The summed E-state index contributed by atoms with van der Waals surface area (Å²) in [5.41, 5.74) is 0.859. The van der Waals surface area contributed by atoms with E-state index in [0.717, 1.165) is 12.1 Å². The number of benzene rings is 1. The molecule has 0 unspecified atom stereocenters. The zero-order valence-corrected chi connectivity index (χ0v) is 18.1. The summed E-state index contributed by atoms with van der Waals surface area (Å²) in [5, 5.41) is 4.38. The Bertz CT molecular complexity index is 781. The molecule has 1 aliphatic carbocycles. The van der Waals surface area contributed by atoms with Crippen molar-refractivity contribution >= 4 is 22.0 Å². The van der Waals surface area contributed by atoms with Crippen molar-refractivity contribution in [2.24, 2.45) is 5.92 Å². The van der Waals surface area contributed by atoms with Gasteiger partial charge in [-0.25, -0.2) is 8.42 Å². The van der Waals surface area contributed by atoms with Crippen LogP contribution in [0.4, 0.5) is 0 Å². The van der Waals surface area contributed by atoms with Gasteiger partial charge in [0.05, 0.1) is 6.04 Å². The summed E-state index contributed by atoms with van der Waals surface area (Å²) in [6.07, 6.45) is 7.90. The molecule has 2 fully saturated rings. The van der Waals surface area contributed by atoms with E-state index in [1.807, 2.05) is 37.3 Å². The average molecular weight is 420 g/mol. The third kappa shape index (κ3) is 6.39. The van der Waals surface area contributed by atoms with Gasteiger partial charge in [-0.2, -0.15) is 4.31 Å². The van der Waals surface area contributed by atoms with Crippen LogP contribution < -0.4 is 5.32 Å². The summed E-state index contributed by atoms with van der Waals surface area (Å²) in [6, 6.07) is 9.17. The van der Waals surface area contributed by atoms with Crippen LogP contribution in [0.2, 0.25) is 0 Å². The molecule has 3 rings (SSSR count). The van der Waals surface area contributed by atoms with Crippen molar-refractivity contribution in [1.29, 1.82) is 0 Å². The summed E-state index contributed by atoms with van der Waals surface area (Å²) in [4.78, 5) is 14.6. The number of nitrogens with one attached hydrogen (secondary N) is 1. The Morgan fingerprint density at radius 2 is 1.76 bits per heavy atom. The quantitative estimate of drug-likeness (QED) is 0.738. The SMILES string of the molecule is C[C@H](C(=O)NCC1CCCCC1)N1CCN(S(=O)(=O)/C=C/c2ccccc2)CC1. The second-order valence-corrected chi connectivity index (χ2v) is 9.94. The first-order chi connectivity index (χ1) is 14.0. The second-order valence-electron chi connectivity index (χ2n) is 8.12. The number of nitrogens with zero attached hydrogens (tertiary/aromatic N) is 2. The monoisotopic (exact) mass is 419 g/mol. The maximum absolute atomic E-state index is 12.6. The topological polar surface area (TPSA) is 69.7 Å². The van der Waals surface area contributed by atoms with E-state index in [1.165, 1.54) is 41.8 Å². The van der Waals surface area contributed by atoms with Crippen molar-refractivity contribution in [2.75, 3.05) is 32.7 Å². The number of hydrogen-bond acceptors (Lipinski definition) is 4. The Kier molecular flexibility index (Phi) is 7.86. The Morgan fingerprint density at radius 1 is 1.10 bits per heavy atom. The van der Waals surface area contributed by atoms with Gasteiger partial charge in [0.1, 0.15) is 0 Å². The Hall–Kier alpha value is -1.70. The van der Waals surface area contributed by atoms with Gasteiger partial charge in [0, 0.05) is 38.1 Å². The van der Waals surface area contributed by atoms with E-state index in [4.69, 9.17) is 0 Å². The van der Waals surface area contributed by atoms with E-state index in [-0.39, 0.29) is 11.9 Å². The highest BCUT2D eigenvalue weighted by molar-refractivity contribution is 7.92. The first-order valence-electron chi connectivity index (χ1n) is 10.7. The fraction of sp³-hybridized carbons (Fsp3) is 0.591. The van der Waals surface area contributed by atoms with Gasteiger partial charge in [-0.1, -0.05) is 49.6 Å². The zero-order chi connectivity index (χ0) is 20.7. The fourth-order valence-corrected chi connectivity index (χ4v) is 5.28. The summed E-state index contributed by atoms with van der Waals surface area (Å²) in [5.74, 6) is 0.661. The summed E-state index contributed by atoms with van der Waals surface area (Å²) >= 11 is 0. The first kappa shape index (κ1) is 22.0. The average Bonchev–Trinajstić information content (AvgIpc) is 2.77. The van der Waals surface area contributed by atoms with Crippen LogP contribution in [0.15, 0.2) is 35.7 Å². The van der Waals surface area contributed by atoms with E-state index < -0.39 is 10.0 Å². The molecule has 7 heteroatoms. The summed E-state index contributed by atoms with van der Waals surface area (Å²) < 4.78 is 26.7. The van der Waals surface area contributed by atoms with Crippen molar-refractivity contribution in [3.8, 4) is 0 Å². The molecule has 160 valence electrons. The van der Waals surface area contributed by atoms with Crippen LogP contribution in [0.3, 0.4) is 0 Å². The van der Waals surface area contributed by atoms with E-state index in [2.05, 4.69) is 10.2 Å². The van der Waals surface area contributed by atoms with E-state index in [1.54, 1.807) is 6.08 Å². The second kappa shape index (κ2) is 10.4. The van der Waals surface area contributed by atoms with Crippen LogP contribution in [-0.2, 0) is 14.8 Å². The third-order valence-corrected chi connectivity index (χ3v) is 7.65. The molecule has 1 aromatic carbocycles. The first-order valence-corrected chi connectivity index (χ1v) is 12.2. The highest BCUT2D eigenvalue weighted by Gasteiger charge is 2.30. The Morgan fingerprint density at radius 3 is 2.41 bits per heavy atom. The number of sulfonamides is 1. The van der Waals surface area contributed by atoms with E-state index in [0.29, 0.717) is 32.1 Å². The smallest absolute Gasteiger partial charge is 0.237 e. The molecule has 1 saturated carbocycles. The standard InChI is InChI=1S/C22H33N3O3S/c1-19(22(26)23-18-21-10-6-3-7-11-21)24-13-15-25(16-14-24)29(27,28)17-12-20-8-4-2-5-9-20/h2,4-5,8-9,12,17,19,21H,3,6-7,10-11,13-16,18H2,1H3,(H,23,26)/b17-12+/t19-/m1/s1. The van der Waals surface area contributed by atoms with Crippen molar-refractivity contribution < 1.29 is 13.2 Å². The Labute approximate surface area is 175 Å². The molecule has 1 amide bonds. The van der Waals surface area contributed by atoms with Crippen LogP contribution in [0, 0.1) is 5.92 Å². The number of carbonyl (C=O) groups excluding carboxylic acids is 1. The number of hydrogen-bond donors (Lipinski definition) is 1. The molecular weight excluding hydrogens is 386 g/mol. The predicted molar refractivity (Wildman–Crippen MR) is 117 cm³/mol. The zero-order valence-electron chi connectivity index (χ0n) is 17.3. The van der Waals surface area contributed by atoms with Gasteiger partial charge < -0.3 is 5.32 Å². The van der Waals surface area contributed by atoms with E-state index >= 15 is 0 Å². The number of piperazine rings is 1. The largest absolute Gasteiger partial charge is 0.354 e. The molecule has 0 aromatic heterocycles. The van der Waals surface area contributed by atoms with Gasteiger partial charge >= 0.3 is 0 Å². The van der Waals surface area contributed by atoms with Crippen LogP contribution in [0.5, 0.6) is 0 Å². The Balaban J connectivity index is 1.46. The lowest BCUT2D eigenvalue weighted by Gasteiger charge is -2.36. The predicted octanol–water partition coefficient (Wildman–Crippen LogP) is 2.69. The highest BCUT2D eigenvalue weighted by atomic mass is 32.2. The van der Waals surface area contributed by atoms with Gasteiger partial charge in [-0.05, 0) is 37.3 Å². The molecule has 1 N–H and O–H groups in total. The lowest BCUT2D eigenvalue weighted by Crippen LogP contribution is -2.54. The van der Waals surface area contributed by atoms with Gasteiger partial charge in [0.2, 0.25) is 15.9 Å². The molecule has 29 heavy (non-hydrogen) atoms. The van der Waals surface area contributed by atoms with Crippen LogP contribution in [-0.4, -0.2) is 62.3 Å². The third-order valence-electron chi connectivity index (χ3n) is 6.08. The van der Waals surface area contributed by atoms with Gasteiger partial charge in [-0.15, -0.1) is 0 Å². The fourth-order valence-electron chi connectivity index (χ4n) is 4.11. The molecule has 2 aliphatic rings. The van der Waals surface area contributed by atoms with Gasteiger partial charge in [0.25, 0.3) is 0 Å². The molecule has 1 atom stereocenters. The minimum absolute atomic E-state index is 0.0517.